The molecule has 0 fully saturated rings. The van der Waals surface area contributed by atoms with Crippen molar-refractivity contribution in [2.45, 2.75) is 40.7 Å². The normalized spacial score (nSPS) is 12.3. The zero-order chi connectivity index (χ0) is 21.8. The van der Waals surface area contributed by atoms with Crippen molar-refractivity contribution in [2.75, 3.05) is 23.7 Å². The molecule has 2 rings (SSSR count). The van der Waals surface area contributed by atoms with Crippen molar-refractivity contribution in [1.29, 1.82) is 0 Å². The number of hydrogen-bond acceptors (Lipinski definition) is 4. The van der Waals surface area contributed by atoms with Gasteiger partial charge in [-0.05, 0) is 75.1 Å². The van der Waals surface area contributed by atoms with Gasteiger partial charge in [0.15, 0.2) is 0 Å². The molecule has 158 valence electrons. The topological polar surface area (TPSA) is 75.7 Å². The average molecular weight is 419 g/mol. The predicted octanol–water partition coefficient (Wildman–Crippen LogP) is 3.27. The zero-order valence-electron chi connectivity index (χ0n) is 17.9. The molecule has 2 aromatic carbocycles. The molecular weight excluding hydrogens is 388 g/mol. The van der Waals surface area contributed by atoms with Gasteiger partial charge in [-0.2, -0.15) is 0 Å². The monoisotopic (exact) mass is 418 g/mol. The third-order valence-corrected chi connectivity index (χ3v) is 6.07. The van der Waals surface area contributed by atoms with Crippen LogP contribution in [0.2, 0.25) is 0 Å². The molecule has 7 heteroatoms. The summed E-state index contributed by atoms with van der Waals surface area (Å²) in [7, 11) is -3.64. The lowest BCUT2D eigenvalue weighted by Gasteiger charge is -2.29. The molecule has 0 heterocycles. The van der Waals surface area contributed by atoms with E-state index in [-0.39, 0.29) is 12.5 Å². The number of rotatable bonds is 8. The maximum absolute atomic E-state index is 12.6. The summed E-state index contributed by atoms with van der Waals surface area (Å²) >= 11 is 0. The summed E-state index contributed by atoms with van der Waals surface area (Å²) in [6, 6.07) is 10.5. The molecule has 2 aromatic rings. The maximum Gasteiger partial charge on any atom is 0.243 e. The number of aryl methyl sites for hydroxylation is 4. The van der Waals surface area contributed by atoms with Crippen molar-refractivity contribution >= 4 is 21.6 Å². The molecular formula is C22H30N2O4S. The van der Waals surface area contributed by atoms with Gasteiger partial charge < -0.3 is 10.1 Å². The molecule has 0 spiro atoms. The Morgan fingerprint density at radius 3 is 2.31 bits per heavy atom. The predicted molar refractivity (Wildman–Crippen MR) is 117 cm³/mol. The van der Waals surface area contributed by atoms with Gasteiger partial charge in [0.2, 0.25) is 15.9 Å². The third kappa shape index (κ3) is 5.97. The van der Waals surface area contributed by atoms with Crippen LogP contribution in [0, 0.1) is 27.7 Å². The molecule has 0 aromatic heterocycles. The lowest BCUT2D eigenvalue weighted by atomic mass is 10.1. The Balaban J connectivity index is 2.04. The maximum atomic E-state index is 12.6. The summed E-state index contributed by atoms with van der Waals surface area (Å²) in [5, 5.41) is 2.77. The molecule has 1 amide bonds. The second-order valence-electron chi connectivity index (χ2n) is 7.41. The van der Waals surface area contributed by atoms with E-state index in [1.54, 1.807) is 13.0 Å². The van der Waals surface area contributed by atoms with Crippen LogP contribution in [0.1, 0.15) is 29.2 Å². The van der Waals surface area contributed by atoms with Crippen molar-refractivity contribution in [3.8, 4) is 5.75 Å². The van der Waals surface area contributed by atoms with E-state index in [2.05, 4.69) is 5.32 Å². The van der Waals surface area contributed by atoms with E-state index in [0.717, 1.165) is 28.7 Å². The molecule has 0 radical (unpaired) electrons. The highest BCUT2D eigenvalue weighted by Gasteiger charge is 2.30. The molecule has 1 N–H and O–H groups in total. The Labute approximate surface area is 173 Å². The quantitative estimate of drug-likeness (QED) is 0.668. The summed E-state index contributed by atoms with van der Waals surface area (Å²) in [4.78, 5) is 12.6. The molecule has 0 aliphatic rings. The van der Waals surface area contributed by atoms with Crippen LogP contribution in [0.4, 0.5) is 5.69 Å². The third-order valence-electron chi connectivity index (χ3n) is 4.84. The molecule has 1 atom stereocenters. The van der Waals surface area contributed by atoms with Crippen molar-refractivity contribution in [1.82, 2.24) is 5.32 Å². The largest absolute Gasteiger partial charge is 0.492 e. The first kappa shape index (κ1) is 22.7. The number of anilines is 1. The summed E-state index contributed by atoms with van der Waals surface area (Å²) in [6.45, 7) is 9.92. The zero-order valence-corrected chi connectivity index (χ0v) is 18.8. The minimum Gasteiger partial charge on any atom is -0.492 e. The van der Waals surface area contributed by atoms with Crippen molar-refractivity contribution < 1.29 is 17.9 Å². The first-order valence-electron chi connectivity index (χ1n) is 9.55. The number of benzene rings is 2. The smallest absolute Gasteiger partial charge is 0.243 e. The Morgan fingerprint density at radius 1 is 1.03 bits per heavy atom. The summed E-state index contributed by atoms with van der Waals surface area (Å²) in [5.74, 6) is 0.364. The molecule has 0 aliphatic heterocycles. The van der Waals surface area contributed by atoms with Crippen molar-refractivity contribution in [2.24, 2.45) is 0 Å². The number of amides is 1. The molecule has 0 unspecified atom stereocenters. The molecule has 0 saturated carbocycles. The Bertz CT molecular complexity index is 986. The molecule has 0 bridgehead atoms. The van der Waals surface area contributed by atoms with Gasteiger partial charge in [0.1, 0.15) is 18.4 Å². The van der Waals surface area contributed by atoms with Gasteiger partial charge in [0.05, 0.1) is 18.5 Å². The Kier molecular flexibility index (Phi) is 7.30. The highest BCUT2D eigenvalue weighted by Crippen LogP contribution is 2.26. The molecule has 6 nitrogen and oxygen atoms in total. The molecule has 0 aliphatic carbocycles. The van der Waals surface area contributed by atoms with E-state index in [1.165, 1.54) is 9.87 Å². The van der Waals surface area contributed by atoms with Crippen LogP contribution >= 0.6 is 0 Å². The Morgan fingerprint density at radius 2 is 1.69 bits per heavy atom. The highest BCUT2D eigenvalue weighted by molar-refractivity contribution is 7.92. The second kappa shape index (κ2) is 9.31. The van der Waals surface area contributed by atoms with Gasteiger partial charge >= 0.3 is 0 Å². The van der Waals surface area contributed by atoms with E-state index in [1.807, 2.05) is 58.0 Å². The van der Waals surface area contributed by atoms with Gasteiger partial charge in [-0.1, -0.05) is 18.2 Å². The highest BCUT2D eigenvalue weighted by atomic mass is 32.2. The number of nitrogens with zero attached hydrogens (tertiary/aromatic N) is 1. The van der Waals surface area contributed by atoms with E-state index in [4.69, 9.17) is 4.74 Å². The number of nitrogens with one attached hydrogen (secondary N) is 1. The fraction of sp³-hybridized carbons (Fsp3) is 0.409. The minimum atomic E-state index is -3.64. The van der Waals surface area contributed by atoms with Crippen molar-refractivity contribution in [3.63, 3.8) is 0 Å². The van der Waals surface area contributed by atoms with Crippen LogP contribution in [0.25, 0.3) is 0 Å². The average Bonchev–Trinajstić information content (AvgIpc) is 2.63. The summed E-state index contributed by atoms with van der Waals surface area (Å²) in [6.07, 6.45) is 1.11. The Hall–Kier alpha value is -2.54. The van der Waals surface area contributed by atoms with Crippen LogP contribution in [0.3, 0.4) is 0 Å². The van der Waals surface area contributed by atoms with E-state index < -0.39 is 16.1 Å². The van der Waals surface area contributed by atoms with E-state index in [0.29, 0.717) is 12.3 Å². The first-order valence-corrected chi connectivity index (χ1v) is 11.4. The van der Waals surface area contributed by atoms with Gasteiger partial charge in [-0.15, -0.1) is 0 Å². The van der Waals surface area contributed by atoms with Gasteiger partial charge in [0, 0.05) is 0 Å². The fourth-order valence-electron chi connectivity index (χ4n) is 3.03. The van der Waals surface area contributed by atoms with Crippen LogP contribution in [-0.4, -0.2) is 39.8 Å². The number of carbonyl (C=O) groups excluding carboxylic acids is 1. The second-order valence-corrected chi connectivity index (χ2v) is 9.27. The minimum absolute atomic E-state index is 0.278. The van der Waals surface area contributed by atoms with E-state index >= 15 is 0 Å². The van der Waals surface area contributed by atoms with Gasteiger partial charge in [-0.3, -0.25) is 9.10 Å². The number of ether oxygens (including phenoxy) is 1. The van der Waals surface area contributed by atoms with E-state index in [9.17, 15) is 13.2 Å². The lowest BCUT2D eigenvalue weighted by Crippen LogP contribution is -2.48. The van der Waals surface area contributed by atoms with Gasteiger partial charge in [0.25, 0.3) is 0 Å². The van der Waals surface area contributed by atoms with Crippen LogP contribution in [-0.2, 0) is 14.8 Å². The fourth-order valence-corrected chi connectivity index (χ4v) is 4.26. The SMILES string of the molecule is Cc1ccc(C)c(N([C@@H](C)C(=O)NCCOc2ccc(C)c(C)c2)S(C)(=O)=O)c1. The molecule has 0 saturated heterocycles. The van der Waals surface area contributed by atoms with Crippen LogP contribution in [0.5, 0.6) is 5.75 Å². The first-order chi connectivity index (χ1) is 13.5. The van der Waals surface area contributed by atoms with Crippen molar-refractivity contribution in [3.05, 3.63) is 58.7 Å². The number of sulfonamides is 1. The van der Waals surface area contributed by atoms with Crippen LogP contribution in [0.15, 0.2) is 36.4 Å². The standard InChI is InChI=1S/C22H30N2O4S/c1-15-7-8-17(3)21(13-15)24(29(6,26)27)19(5)22(25)23-11-12-28-20-10-9-16(2)18(4)14-20/h7-10,13-14,19H,11-12H2,1-6H3,(H,23,25)/t19-/m0/s1. The van der Waals surface area contributed by atoms with Crippen LogP contribution < -0.4 is 14.4 Å². The summed E-state index contributed by atoms with van der Waals surface area (Å²) in [5.41, 5.74) is 4.55. The lowest BCUT2D eigenvalue weighted by molar-refractivity contribution is -0.121. The summed E-state index contributed by atoms with van der Waals surface area (Å²) < 4.78 is 31.7. The molecule has 29 heavy (non-hydrogen) atoms. The van der Waals surface area contributed by atoms with Gasteiger partial charge in [-0.25, -0.2) is 8.42 Å². The number of carbonyl (C=O) groups is 1. The number of hydrogen-bond donors (Lipinski definition) is 1.